The summed E-state index contributed by atoms with van der Waals surface area (Å²) in [7, 11) is 0. The molecule has 0 saturated heterocycles. The fourth-order valence-corrected chi connectivity index (χ4v) is 0.851. The summed E-state index contributed by atoms with van der Waals surface area (Å²) in [5, 5.41) is 0. The lowest BCUT2D eigenvalue weighted by molar-refractivity contribution is -0.111. The van der Waals surface area contributed by atoms with E-state index < -0.39 is 0 Å². The molecule has 0 unspecified atom stereocenters. The molecule has 0 spiro atoms. The quantitative estimate of drug-likeness (QED) is 0.507. The zero-order valence-corrected chi connectivity index (χ0v) is 7.43. The number of unbranched alkanes of at least 4 members (excludes halogenated alkanes) is 1. The molecule has 0 bridgehead atoms. The number of nitrogens with two attached hydrogens (primary N) is 2. The average Bonchev–Trinajstić information content (AvgIpc) is 1.88. The number of carbonyl (C=O) groups is 1. The van der Waals surface area contributed by atoms with E-state index in [1.165, 1.54) is 0 Å². The molecule has 10 heavy (non-hydrogen) atoms. The van der Waals surface area contributed by atoms with Gasteiger partial charge in [0.1, 0.15) is 0 Å². The Morgan fingerprint density at radius 2 is 2.10 bits per heavy atom. The van der Waals surface area contributed by atoms with Crippen molar-refractivity contribution in [2.75, 3.05) is 6.54 Å². The molecule has 3 nitrogen and oxygen atoms in total. The van der Waals surface area contributed by atoms with Gasteiger partial charge >= 0.3 is 0 Å². The smallest absolute Gasteiger partial charge is 0.214 e. The lowest BCUT2D eigenvalue weighted by atomic mass is 10.1. The lowest BCUT2D eigenvalue weighted by Gasteiger charge is -2.03. The molecule has 0 amide bonds. The van der Waals surface area contributed by atoms with E-state index in [0.717, 1.165) is 19.3 Å². The first-order valence-corrected chi connectivity index (χ1v) is 4.12. The van der Waals surface area contributed by atoms with E-state index >= 15 is 0 Å². The van der Waals surface area contributed by atoms with E-state index in [1.807, 2.05) is 0 Å². The Kier molecular flexibility index (Phi) is 5.87. The monoisotopic (exact) mass is 208 g/mol. The van der Waals surface area contributed by atoms with Gasteiger partial charge in [-0.1, -0.05) is 6.42 Å². The van der Waals surface area contributed by atoms with Crippen molar-refractivity contribution < 1.29 is 4.79 Å². The number of rotatable bonds is 5. The second-order valence-corrected chi connectivity index (χ2v) is 2.98. The molecule has 0 fully saturated rings. The summed E-state index contributed by atoms with van der Waals surface area (Å²) in [6.07, 6.45) is 2.59. The van der Waals surface area contributed by atoms with Crippen molar-refractivity contribution in [1.82, 2.24) is 0 Å². The molecule has 0 rings (SSSR count). The van der Waals surface area contributed by atoms with Gasteiger partial charge in [-0.05, 0) is 35.3 Å². The highest BCUT2D eigenvalue weighted by Gasteiger charge is 2.07. The van der Waals surface area contributed by atoms with Crippen LogP contribution < -0.4 is 11.5 Å². The summed E-state index contributed by atoms with van der Waals surface area (Å²) in [5.74, 6) is 0. The largest absolute Gasteiger partial charge is 0.330 e. The van der Waals surface area contributed by atoms with Crippen LogP contribution in [0.4, 0.5) is 0 Å². The van der Waals surface area contributed by atoms with Gasteiger partial charge in [0.25, 0.3) is 0 Å². The second-order valence-electron chi connectivity index (χ2n) is 2.20. The molecule has 1 atom stereocenters. The number of carbonyl (C=O) groups excluding carboxylic acids is 1. The second kappa shape index (κ2) is 5.82. The Hall–Kier alpha value is 0.0700. The summed E-state index contributed by atoms with van der Waals surface area (Å²) in [5.41, 5.74) is 10.7. The highest BCUT2D eigenvalue weighted by atomic mass is 79.9. The van der Waals surface area contributed by atoms with E-state index in [9.17, 15) is 4.79 Å². The van der Waals surface area contributed by atoms with Crippen LogP contribution in [-0.4, -0.2) is 17.3 Å². The van der Waals surface area contributed by atoms with Crippen molar-refractivity contribution in [3.8, 4) is 0 Å². The third kappa shape index (κ3) is 4.90. The molecule has 4 N–H and O–H groups in total. The third-order valence-electron chi connectivity index (χ3n) is 1.26. The summed E-state index contributed by atoms with van der Waals surface area (Å²) in [6.45, 7) is 0.670. The minimum atomic E-state index is -0.355. The van der Waals surface area contributed by atoms with Gasteiger partial charge in [-0.2, -0.15) is 0 Å². The van der Waals surface area contributed by atoms with Crippen molar-refractivity contribution in [2.24, 2.45) is 11.5 Å². The van der Waals surface area contributed by atoms with Crippen LogP contribution in [0.15, 0.2) is 0 Å². The van der Waals surface area contributed by atoms with Crippen LogP contribution in [0.25, 0.3) is 0 Å². The van der Waals surface area contributed by atoms with E-state index in [-0.39, 0.29) is 10.7 Å². The minimum Gasteiger partial charge on any atom is -0.330 e. The van der Waals surface area contributed by atoms with Crippen LogP contribution in [-0.2, 0) is 4.79 Å². The number of hydrogen-bond acceptors (Lipinski definition) is 3. The third-order valence-corrected chi connectivity index (χ3v) is 1.85. The summed E-state index contributed by atoms with van der Waals surface area (Å²) < 4.78 is -0.121. The van der Waals surface area contributed by atoms with Crippen molar-refractivity contribution in [3.63, 3.8) is 0 Å². The van der Waals surface area contributed by atoms with Gasteiger partial charge < -0.3 is 11.5 Å². The fourth-order valence-electron chi connectivity index (χ4n) is 0.622. The topological polar surface area (TPSA) is 69.1 Å². The van der Waals surface area contributed by atoms with Crippen LogP contribution in [0, 0.1) is 0 Å². The Balaban J connectivity index is 3.21. The standard InChI is InChI=1S/C6H13BrN2O/c7-6(10)5(9)3-1-2-4-8/h5H,1-4,8-9H2/t5-/m0/s1. The first-order chi connectivity index (χ1) is 4.68. The van der Waals surface area contributed by atoms with Crippen molar-refractivity contribution in [2.45, 2.75) is 25.3 Å². The minimum absolute atomic E-state index is 0.121. The van der Waals surface area contributed by atoms with E-state index in [0.29, 0.717) is 6.54 Å². The first kappa shape index (κ1) is 10.1. The van der Waals surface area contributed by atoms with E-state index in [2.05, 4.69) is 15.9 Å². The Morgan fingerprint density at radius 3 is 2.50 bits per heavy atom. The van der Waals surface area contributed by atoms with Crippen LogP contribution in [0.5, 0.6) is 0 Å². The Bertz CT molecular complexity index is 108. The average molecular weight is 209 g/mol. The number of halogens is 1. The van der Waals surface area contributed by atoms with Crippen molar-refractivity contribution >= 4 is 20.6 Å². The van der Waals surface area contributed by atoms with E-state index in [1.54, 1.807) is 0 Å². The van der Waals surface area contributed by atoms with Crippen LogP contribution in [0.1, 0.15) is 19.3 Å². The summed E-state index contributed by atoms with van der Waals surface area (Å²) in [4.78, 5) is 10.5. The Labute approximate surface area is 69.3 Å². The lowest BCUT2D eigenvalue weighted by Crippen LogP contribution is -2.26. The molecule has 0 saturated carbocycles. The van der Waals surface area contributed by atoms with Gasteiger partial charge in [-0.25, -0.2) is 0 Å². The van der Waals surface area contributed by atoms with Gasteiger partial charge in [-0.15, -0.1) is 0 Å². The van der Waals surface area contributed by atoms with Crippen LogP contribution >= 0.6 is 15.9 Å². The molecule has 0 radical (unpaired) electrons. The van der Waals surface area contributed by atoms with Gasteiger partial charge in [-0.3, -0.25) is 4.79 Å². The van der Waals surface area contributed by atoms with Crippen molar-refractivity contribution in [1.29, 1.82) is 0 Å². The fraction of sp³-hybridized carbons (Fsp3) is 0.833. The maximum absolute atomic E-state index is 10.5. The summed E-state index contributed by atoms with van der Waals surface area (Å²) in [6, 6.07) is -0.355. The highest BCUT2D eigenvalue weighted by molar-refractivity contribution is 9.18. The molecular formula is C6H13BrN2O. The SMILES string of the molecule is NCCCC[C@H](N)C(=O)Br. The van der Waals surface area contributed by atoms with Gasteiger partial charge in [0.2, 0.25) is 4.69 Å². The van der Waals surface area contributed by atoms with Gasteiger partial charge in [0.05, 0.1) is 6.04 Å². The molecule has 0 aliphatic rings. The molecule has 0 aliphatic carbocycles. The van der Waals surface area contributed by atoms with Crippen LogP contribution in [0.3, 0.4) is 0 Å². The molecule has 60 valence electrons. The predicted octanol–water partition coefficient (Wildman–Crippen LogP) is 0.364. The van der Waals surface area contributed by atoms with E-state index in [4.69, 9.17) is 11.5 Å². The predicted molar refractivity (Wildman–Crippen MR) is 44.8 cm³/mol. The Morgan fingerprint density at radius 1 is 1.50 bits per heavy atom. The van der Waals surface area contributed by atoms with Gasteiger partial charge in [0, 0.05) is 0 Å². The molecular weight excluding hydrogens is 196 g/mol. The maximum Gasteiger partial charge on any atom is 0.214 e. The maximum atomic E-state index is 10.5. The normalized spacial score (nSPS) is 13.1. The molecule has 0 heterocycles. The molecule has 0 aliphatic heterocycles. The molecule has 0 aromatic carbocycles. The highest BCUT2D eigenvalue weighted by Crippen LogP contribution is 2.01. The molecule has 4 heteroatoms. The first-order valence-electron chi connectivity index (χ1n) is 3.33. The van der Waals surface area contributed by atoms with Crippen LogP contribution in [0.2, 0.25) is 0 Å². The zero-order chi connectivity index (χ0) is 7.98. The molecule has 0 aromatic heterocycles. The molecule has 0 aromatic rings. The summed E-state index contributed by atoms with van der Waals surface area (Å²) >= 11 is 2.80. The number of hydrogen-bond donors (Lipinski definition) is 2. The zero-order valence-electron chi connectivity index (χ0n) is 5.85. The van der Waals surface area contributed by atoms with Gasteiger partial charge in [0.15, 0.2) is 0 Å². The van der Waals surface area contributed by atoms with Crippen molar-refractivity contribution in [3.05, 3.63) is 0 Å².